The molecule has 0 unspecified atom stereocenters. The van der Waals surface area contributed by atoms with Crippen LogP contribution >= 0.6 is 15.9 Å². The summed E-state index contributed by atoms with van der Waals surface area (Å²) >= 11 is 5.61. The summed E-state index contributed by atoms with van der Waals surface area (Å²) in [6.07, 6.45) is 0.606. The molecular formula is C82H109AgBBrCl2F4LiMgO14SSi3-2. The predicted molar refractivity (Wildman–Crippen MR) is 429 cm³/mol. The van der Waals surface area contributed by atoms with E-state index >= 15 is 4.39 Å². The molecule has 607 valence electrons. The number of rotatable bonds is 16. The fourth-order valence-electron chi connectivity index (χ4n) is 15.8. The van der Waals surface area contributed by atoms with Gasteiger partial charge in [0.2, 0.25) is 0 Å². The Morgan fingerprint density at radius 2 is 0.685 bits per heavy atom. The van der Waals surface area contributed by atoms with Crippen molar-refractivity contribution in [2.45, 2.75) is 251 Å². The van der Waals surface area contributed by atoms with Crippen LogP contribution in [0.4, 0.5) is 17.6 Å². The molecule has 3 heterocycles. The van der Waals surface area contributed by atoms with Gasteiger partial charge < -0.3 is 92.8 Å². The van der Waals surface area contributed by atoms with E-state index in [9.17, 15) is 23.2 Å². The first-order chi connectivity index (χ1) is 50.1. The molecule has 9 atom stereocenters. The van der Waals surface area contributed by atoms with E-state index < -0.39 is 96.2 Å². The Morgan fingerprint density at radius 3 is 0.919 bits per heavy atom. The van der Waals surface area contributed by atoms with Gasteiger partial charge in [0.15, 0.2) is 17.4 Å². The summed E-state index contributed by atoms with van der Waals surface area (Å²) in [4.78, 5) is 0. The van der Waals surface area contributed by atoms with Crippen molar-refractivity contribution in [2.24, 2.45) is 0 Å². The summed E-state index contributed by atoms with van der Waals surface area (Å²) in [5.74, 6) is -2.37. The minimum absolute atomic E-state index is 0. The first kappa shape index (κ1) is 103. The zero-order chi connectivity index (χ0) is 79.7. The van der Waals surface area contributed by atoms with Gasteiger partial charge >= 0.3 is 78.8 Å². The molecule has 14 nitrogen and oxygen atoms in total. The van der Waals surface area contributed by atoms with Crippen molar-refractivity contribution in [2.75, 3.05) is 0 Å². The fourth-order valence-corrected chi connectivity index (χ4v) is 30.7. The maximum atomic E-state index is 15.8. The number of hydrogen-bond donors (Lipinski definition) is 2. The van der Waals surface area contributed by atoms with Gasteiger partial charge in [-0.15, -0.1) is 0 Å². The van der Waals surface area contributed by atoms with E-state index in [1.807, 2.05) is 148 Å². The van der Waals surface area contributed by atoms with Gasteiger partial charge in [-0.3, -0.25) is 0 Å². The van der Waals surface area contributed by atoms with E-state index in [4.69, 9.17) is 53.4 Å². The van der Waals surface area contributed by atoms with Crippen LogP contribution in [-0.2, 0) is 85.1 Å². The molecular weight excluding hydrogens is 1700 g/mol. The van der Waals surface area contributed by atoms with Crippen molar-refractivity contribution in [3.8, 4) is 0 Å². The Balaban J connectivity index is 0.000000520. The quantitative estimate of drug-likeness (QED) is 0.0467. The molecule has 0 radical (unpaired) electrons. The zero-order valence-corrected chi connectivity index (χ0v) is 77.5. The Bertz CT molecular complexity index is 3790. The van der Waals surface area contributed by atoms with Gasteiger partial charge in [-0.1, -0.05) is 281 Å². The Kier molecular flexibility index (Phi) is 39.2. The first-order valence-electron chi connectivity index (χ1n) is 36.4. The first-order valence-corrected chi connectivity index (χ1v) is 44.6. The molecule has 3 saturated heterocycles. The van der Waals surface area contributed by atoms with Crippen LogP contribution in [-0.4, -0.2) is 143 Å². The molecule has 29 heteroatoms. The third-order valence-electron chi connectivity index (χ3n) is 19.9. The third-order valence-corrected chi connectivity index (χ3v) is 36.3. The second-order valence-electron chi connectivity index (χ2n) is 31.6. The number of fused-ring (bicyclic) bond motifs is 3. The fraction of sp³-hybridized carbons (Fsp3) is 0.476. The van der Waals surface area contributed by atoms with Crippen LogP contribution in [0.25, 0.3) is 0 Å². The minimum atomic E-state index is -5.08. The van der Waals surface area contributed by atoms with Crippen LogP contribution in [0.5, 0.6) is 0 Å². The third kappa shape index (κ3) is 22.7. The molecule has 111 heavy (non-hydrogen) atoms. The standard InChI is InChI=1S/C26H35BO5Si.C26H33BrO3Si.C26H33FO3Si.C3H7.CF3O2S.Ag.2ClH.Li.Mg.O.H/c1-7-20-21(27(28)29)23(24-22(20)30-26(5,6)31-24)32-33(25(2,3)4,18-14-10-8-11-15-18)19-16-12-9-13-17-19;2*1-7-20-21(27)23(24-22(20)28-26(5,6)29-24)30-31(25(2,3)4,18-14-10-8-11-15-18)19-16-12-9-13-17-19;1-3-2;2-1(3,4)7(5)6;;;;;;;/h8-17,22-24,28-29H,7H2,1-6H3;2*8-17,22-24H,7H2,1-6H3;3H,1-2H3;;;2*1H;;;;/q;;;2*-1;;;;+1;+2;;-1/p-2/t22-,23-,24-;2*22-,23+,24-;;;;;;;;;/m000........./s1. The van der Waals surface area contributed by atoms with Crippen LogP contribution in [0.2, 0.25) is 15.1 Å². The van der Waals surface area contributed by atoms with Gasteiger partial charge in [0.05, 0.1) is 6.10 Å². The van der Waals surface area contributed by atoms with E-state index in [2.05, 4.69) is 194 Å². The zero-order valence-electron chi connectivity index (χ0n) is 68.6. The molecule has 12 rings (SSSR count). The Labute approximate surface area is 725 Å². The molecule has 6 aromatic carbocycles. The van der Waals surface area contributed by atoms with E-state index in [0.29, 0.717) is 23.9 Å². The van der Waals surface area contributed by atoms with Gasteiger partial charge in [0, 0.05) is 15.2 Å². The SMILES string of the molecule is CCC1=C(B(O)O)[C@H](O[Si](c2ccccc2)(c2ccccc2)C(C)(C)C)[C@H]2OC(C)(C)O[C@@H]12.CCC1=C(Br)[C@@H](O[Si](c2ccccc2)(c2ccccc2)C(C)(C)C)[C@H]2OC(C)(C)O[C@@H]12.CCC1=C(F)[C@@H](O[Si](c2ccccc2)(c2ccccc2)C(C)(C)C)[C@H]2OC(C)(C)O[C@@H]12.C[CH-]C.O=[S-](=O)C(F)(F)F.[Cl-].[Cl-].[H-].[Li+].[Mg+2].[O]=[Ag]. The topological polar surface area (TPSA) is 175 Å². The number of ether oxygens (including phenoxy) is 6. The molecule has 3 aliphatic heterocycles. The van der Waals surface area contributed by atoms with Crippen molar-refractivity contribution in [3.63, 3.8) is 0 Å². The second kappa shape index (κ2) is 42.4. The Hall–Kier alpha value is -2.55. The van der Waals surface area contributed by atoms with E-state index in [0.717, 1.165) is 37.2 Å². The van der Waals surface area contributed by atoms with Gasteiger partial charge in [-0.05, 0) is 129 Å². The van der Waals surface area contributed by atoms with E-state index in [1.165, 1.54) is 15.9 Å². The monoisotopic (exact) mass is 1810 g/mol. The second-order valence-corrected chi connectivity index (χ2v) is 46.1. The van der Waals surface area contributed by atoms with Crippen LogP contribution in [0, 0.1) is 6.42 Å². The number of halogens is 7. The molecule has 0 aromatic heterocycles. The van der Waals surface area contributed by atoms with E-state index in [1.54, 1.807) is 21.0 Å². The van der Waals surface area contributed by atoms with Crippen molar-refractivity contribution >= 4 is 113 Å². The maximum absolute atomic E-state index is 15.8. The van der Waals surface area contributed by atoms with E-state index in [-0.39, 0.29) is 114 Å². The molecule has 2 N–H and O–H groups in total. The molecule has 3 fully saturated rings. The average molecular weight is 1810 g/mol. The molecule has 0 saturated carbocycles. The van der Waals surface area contributed by atoms with Crippen molar-refractivity contribution in [1.29, 1.82) is 0 Å². The average Bonchev–Trinajstić information content (AvgIpc) is 1.69. The van der Waals surface area contributed by atoms with Gasteiger partial charge in [0.1, 0.15) is 54.7 Å². The van der Waals surface area contributed by atoms with Crippen molar-refractivity contribution in [3.05, 3.63) is 221 Å². The summed E-state index contributed by atoms with van der Waals surface area (Å²) in [6.45, 7) is 41.8. The van der Waals surface area contributed by atoms with Crippen molar-refractivity contribution in [1.82, 2.24) is 0 Å². The van der Waals surface area contributed by atoms with Crippen LogP contribution in [0.1, 0.15) is 159 Å². The van der Waals surface area contributed by atoms with Crippen molar-refractivity contribution < 1.29 is 147 Å². The molecule has 0 spiro atoms. The predicted octanol–water partition coefficient (Wildman–Crippen LogP) is 6.48. The van der Waals surface area contributed by atoms with Crippen LogP contribution < -0.4 is 74.8 Å². The van der Waals surface area contributed by atoms with Crippen LogP contribution in [0.3, 0.4) is 0 Å². The van der Waals surface area contributed by atoms with Crippen LogP contribution in [0.15, 0.2) is 214 Å². The summed E-state index contributed by atoms with van der Waals surface area (Å²) in [5.41, 5.74) is -1.82. The summed E-state index contributed by atoms with van der Waals surface area (Å²) in [7, 11) is -14.1. The van der Waals surface area contributed by atoms with Gasteiger partial charge in [-0.25, -0.2) is 4.39 Å². The van der Waals surface area contributed by atoms with Gasteiger partial charge in [-0.2, -0.15) is 27.0 Å². The molecule has 0 amide bonds. The summed E-state index contributed by atoms with van der Waals surface area (Å²) in [6, 6.07) is 62.9. The summed E-state index contributed by atoms with van der Waals surface area (Å²) < 4.78 is 134. The summed E-state index contributed by atoms with van der Waals surface area (Å²) in [5, 5.41) is 27.4. The molecule has 0 bridgehead atoms. The number of alkyl halides is 3. The molecule has 3 aliphatic carbocycles. The number of benzene rings is 6. The molecule has 6 aliphatic rings. The van der Waals surface area contributed by atoms with Gasteiger partial charge in [0.25, 0.3) is 25.0 Å². The Morgan fingerprint density at radius 1 is 0.468 bits per heavy atom. The molecule has 6 aromatic rings. The number of hydrogen-bond acceptors (Lipinski definition) is 15. The normalized spacial score (nSPS) is 22.7.